The van der Waals surface area contributed by atoms with E-state index >= 15 is 0 Å². The van der Waals surface area contributed by atoms with Crippen molar-refractivity contribution in [2.24, 2.45) is 0 Å². The second-order valence-corrected chi connectivity index (χ2v) is 8.68. The SMILES string of the molecule is Cc1ccc2nc(N(CCCN3CCOCC3)C(=O)c3snnc3C)sc2c1. The maximum Gasteiger partial charge on any atom is 0.273 e. The van der Waals surface area contributed by atoms with E-state index in [0.717, 1.165) is 66.1 Å². The van der Waals surface area contributed by atoms with Gasteiger partial charge in [-0.2, -0.15) is 0 Å². The first kappa shape index (κ1) is 19.4. The molecule has 3 heterocycles. The minimum Gasteiger partial charge on any atom is -0.379 e. The lowest BCUT2D eigenvalue weighted by Gasteiger charge is -2.27. The summed E-state index contributed by atoms with van der Waals surface area (Å²) in [4.78, 5) is 22.7. The molecule has 4 rings (SSSR count). The number of hydrogen-bond acceptors (Lipinski definition) is 8. The summed E-state index contributed by atoms with van der Waals surface area (Å²) < 4.78 is 10.4. The van der Waals surface area contributed by atoms with Crippen molar-refractivity contribution in [3.05, 3.63) is 34.3 Å². The Morgan fingerprint density at radius 1 is 1.29 bits per heavy atom. The molecule has 0 atom stereocenters. The van der Waals surface area contributed by atoms with Gasteiger partial charge in [0.2, 0.25) is 0 Å². The molecule has 0 spiro atoms. The first-order chi connectivity index (χ1) is 13.6. The summed E-state index contributed by atoms with van der Waals surface area (Å²) in [5, 5.41) is 4.74. The minimum atomic E-state index is -0.0646. The highest BCUT2D eigenvalue weighted by atomic mass is 32.1. The third kappa shape index (κ3) is 4.22. The number of hydrogen-bond donors (Lipinski definition) is 0. The predicted molar refractivity (Wildman–Crippen MR) is 113 cm³/mol. The quantitative estimate of drug-likeness (QED) is 0.614. The van der Waals surface area contributed by atoms with Crippen molar-refractivity contribution in [2.45, 2.75) is 20.3 Å². The lowest BCUT2D eigenvalue weighted by Crippen LogP contribution is -2.39. The van der Waals surface area contributed by atoms with Crippen LogP contribution in [-0.2, 0) is 4.74 Å². The van der Waals surface area contributed by atoms with Gasteiger partial charge in [0, 0.05) is 26.2 Å². The van der Waals surface area contributed by atoms with Gasteiger partial charge in [-0.3, -0.25) is 14.6 Å². The van der Waals surface area contributed by atoms with Gasteiger partial charge in [-0.25, -0.2) is 4.98 Å². The highest BCUT2D eigenvalue weighted by Gasteiger charge is 2.25. The number of carbonyl (C=O) groups is 1. The Morgan fingerprint density at radius 3 is 2.86 bits per heavy atom. The molecule has 1 saturated heterocycles. The van der Waals surface area contributed by atoms with Crippen molar-refractivity contribution < 1.29 is 9.53 Å². The monoisotopic (exact) mass is 417 g/mol. The van der Waals surface area contributed by atoms with Gasteiger partial charge in [0.05, 0.1) is 29.1 Å². The first-order valence-corrected chi connectivity index (χ1v) is 11.0. The molecule has 7 nitrogen and oxygen atoms in total. The molecule has 2 aromatic heterocycles. The fraction of sp³-hybridized carbons (Fsp3) is 0.474. The third-order valence-electron chi connectivity index (χ3n) is 4.81. The summed E-state index contributed by atoms with van der Waals surface area (Å²) in [6.07, 6.45) is 0.881. The lowest BCUT2D eigenvalue weighted by atomic mass is 10.2. The number of benzene rings is 1. The summed E-state index contributed by atoms with van der Waals surface area (Å²) >= 11 is 2.71. The molecule has 0 aliphatic carbocycles. The van der Waals surface area contributed by atoms with Crippen LogP contribution in [0.2, 0.25) is 0 Å². The molecule has 1 aliphatic rings. The van der Waals surface area contributed by atoms with E-state index in [-0.39, 0.29) is 5.91 Å². The Kier molecular flexibility index (Phi) is 5.96. The Morgan fingerprint density at radius 2 is 2.11 bits per heavy atom. The highest BCUT2D eigenvalue weighted by molar-refractivity contribution is 7.22. The average molecular weight is 418 g/mol. The van der Waals surface area contributed by atoms with Crippen LogP contribution in [0.5, 0.6) is 0 Å². The van der Waals surface area contributed by atoms with Gasteiger partial charge in [-0.15, -0.1) is 5.10 Å². The zero-order valence-corrected chi connectivity index (χ0v) is 17.7. The van der Waals surface area contributed by atoms with Gasteiger partial charge in [-0.05, 0) is 49.5 Å². The number of aryl methyl sites for hydroxylation is 2. The van der Waals surface area contributed by atoms with Gasteiger partial charge >= 0.3 is 0 Å². The Bertz CT molecular complexity index is 964. The zero-order chi connectivity index (χ0) is 19.5. The van der Waals surface area contributed by atoms with Crippen LogP contribution in [0.25, 0.3) is 10.2 Å². The number of aromatic nitrogens is 3. The van der Waals surface area contributed by atoms with E-state index in [2.05, 4.69) is 27.5 Å². The smallest absolute Gasteiger partial charge is 0.273 e. The fourth-order valence-corrected chi connectivity index (χ4v) is 4.94. The Labute approximate surface area is 172 Å². The maximum atomic E-state index is 13.2. The molecule has 0 radical (unpaired) electrons. The molecule has 1 aromatic carbocycles. The number of rotatable bonds is 6. The predicted octanol–water partition coefficient (Wildman–Crippen LogP) is 3.13. The van der Waals surface area contributed by atoms with E-state index in [1.807, 2.05) is 19.1 Å². The van der Waals surface area contributed by atoms with E-state index in [1.54, 1.807) is 16.2 Å². The van der Waals surface area contributed by atoms with E-state index in [9.17, 15) is 4.79 Å². The summed E-state index contributed by atoms with van der Waals surface area (Å²) in [5.41, 5.74) is 2.79. The van der Waals surface area contributed by atoms with Crippen molar-refractivity contribution in [1.82, 2.24) is 19.5 Å². The summed E-state index contributed by atoms with van der Waals surface area (Å²) in [6, 6.07) is 6.18. The number of morpholine rings is 1. The van der Waals surface area contributed by atoms with Crippen LogP contribution in [0, 0.1) is 13.8 Å². The average Bonchev–Trinajstić information content (AvgIpc) is 3.31. The number of anilines is 1. The van der Waals surface area contributed by atoms with Crippen molar-refractivity contribution in [3.8, 4) is 0 Å². The first-order valence-electron chi connectivity index (χ1n) is 9.40. The fourth-order valence-electron chi connectivity index (χ4n) is 3.25. The molecular formula is C19H23N5O2S2. The van der Waals surface area contributed by atoms with Crippen molar-refractivity contribution in [3.63, 3.8) is 0 Å². The van der Waals surface area contributed by atoms with E-state index < -0.39 is 0 Å². The van der Waals surface area contributed by atoms with Crippen LogP contribution in [0.15, 0.2) is 18.2 Å². The summed E-state index contributed by atoms with van der Waals surface area (Å²) in [5.74, 6) is -0.0646. The molecule has 1 fully saturated rings. The number of ether oxygens (including phenoxy) is 1. The van der Waals surface area contributed by atoms with Gasteiger partial charge in [0.15, 0.2) is 5.13 Å². The summed E-state index contributed by atoms with van der Waals surface area (Å²) in [6.45, 7) is 8.92. The zero-order valence-electron chi connectivity index (χ0n) is 16.1. The van der Waals surface area contributed by atoms with E-state index in [1.165, 1.54) is 5.56 Å². The molecule has 1 aliphatic heterocycles. The Balaban J connectivity index is 1.56. The van der Waals surface area contributed by atoms with Crippen molar-refractivity contribution >= 4 is 44.1 Å². The van der Waals surface area contributed by atoms with Crippen LogP contribution >= 0.6 is 22.9 Å². The van der Waals surface area contributed by atoms with E-state index in [4.69, 9.17) is 9.72 Å². The second kappa shape index (κ2) is 8.60. The molecule has 9 heteroatoms. The van der Waals surface area contributed by atoms with Crippen LogP contribution in [0.1, 0.15) is 27.3 Å². The molecular weight excluding hydrogens is 394 g/mol. The normalized spacial score (nSPS) is 15.2. The van der Waals surface area contributed by atoms with Crippen LogP contribution in [0.4, 0.5) is 5.13 Å². The van der Waals surface area contributed by atoms with Gasteiger partial charge in [0.25, 0.3) is 5.91 Å². The topological polar surface area (TPSA) is 71.5 Å². The maximum absolute atomic E-state index is 13.2. The van der Waals surface area contributed by atoms with Gasteiger partial charge in [0.1, 0.15) is 4.88 Å². The van der Waals surface area contributed by atoms with Crippen LogP contribution < -0.4 is 4.90 Å². The molecule has 3 aromatic rings. The molecule has 1 amide bonds. The molecule has 0 bridgehead atoms. The standard InChI is InChI=1S/C19H23N5O2S2/c1-13-4-5-15-16(12-13)27-19(20-15)24(18(25)17-14(2)21-22-28-17)7-3-6-23-8-10-26-11-9-23/h4-5,12H,3,6-11H2,1-2H3. The number of carbonyl (C=O) groups excluding carboxylic acids is 1. The number of nitrogens with zero attached hydrogens (tertiary/aromatic N) is 5. The molecule has 0 N–H and O–H groups in total. The highest BCUT2D eigenvalue weighted by Crippen LogP contribution is 2.31. The van der Waals surface area contributed by atoms with Gasteiger partial charge < -0.3 is 4.74 Å². The molecule has 0 unspecified atom stereocenters. The van der Waals surface area contributed by atoms with Crippen LogP contribution in [-0.4, -0.2) is 64.8 Å². The van der Waals surface area contributed by atoms with E-state index in [0.29, 0.717) is 17.1 Å². The minimum absolute atomic E-state index is 0.0646. The molecule has 148 valence electrons. The van der Waals surface area contributed by atoms with Crippen molar-refractivity contribution in [1.29, 1.82) is 0 Å². The second-order valence-electron chi connectivity index (χ2n) is 6.92. The van der Waals surface area contributed by atoms with Crippen LogP contribution in [0.3, 0.4) is 0 Å². The molecule has 0 saturated carbocycles. The number of amides is 1. The summed E-state index contributed by atoms with van der Waals surface area (Å²) in [7, 11) is 0. The number of thiazole rings is 1. The lowest BCUT2D eigenvalue weighted by molar-refractivity contribution is 0.0376. The third-order valence-corrected chi connectivity index (χ3v) is 6.67. The number of fused-ring (bicyclic) bond motifs is 1. The van der Waals surface area contributed by atoms with Crippen molar-refractivity contribution in [2.75, 3.05) is 44.3 Å². The largest absolute Gasteiger partial charge is 0.379 e. The molecule has 28 heavy (non-hydrogen) atoms. The Hall–Kier alpha value is -1.94. The van der Waals surface area contributed by atoms with Gasteiger partial charge in [-0.1, -0.05) is 21.9 Å².